The lowest BCUT2D eigenvalue weighted by Gasteiger charge is -2.19. The van der Waals surface area contributed by atoms with E-state index in [2.05, 4.69) is 28.2 Å². The number of imidazole rings is 1. The first-order valence-corrected chi connectivity index (χ1v) is 6.18. The Morgan fingerprint density at radius 3 is 2.94 bits per heavy atom. The van der Waals surface area contributed by atoms with E-state index in [9.17, 15) is 0 Å². The van der Waals surface area contributed by atoms with Crippen molar-refractivity contribution in [2.24, 2.45) is 0 Å². The van der Waals surface area contributed by atoms with Crippen molar-refractivity contribution in [1.82, 2.24) is 9.97 Å². The van der Waals surface area contributed by atoms with Gasteiger partial charge in [-0.05, 0) is 54.2 Å². The van der Waals surface area contributed by atoms with Gasteiger partial charge >= 0.3 is 0 Å². The fourth-order valence-corrected chi connectivity index (χ4v) is 2.56. The minimum atomic E-state index is 0. The molecule has 1 aromatic heterocycles. The second-order valence-electron chi connectivity index (χ2n) is 4.33. The maximum Gasteiger partial charge on any atom is 0.0924 e. The predicted octanol–water partition coefficient (Wildman–Crippen LogP) is 4.36. The molecule has 1 N–H and O–H groups in total. The molecule has 0 saturated heterocycles. The SMILES string of the molecule is Cl.Clc1ccc2c(c1)CCCC2=Cc1cnc[nH]1. The summed E-state index contributed by atoms with van der Waals surface area (Å²) in [4.78, 5) is 7.15. The van der Waals surface area contributed by atoms with Crippen LogP contribution in [0.3, 0.4) is 0 Å². The maximum atomic E-state index is 6.03. The van der Waals surface area contributed by atoms with Crippen LogP contribution in [0.15, 0.2) is 30.7 Å². The number of nitrogens with zero attached hydrogens (tertiary/aromatic N) is 1. The molecule has 0 saturated carbocycles. The first kappa shape index (κ1) is 13.2. The number of nitrogens with one attached hydrogen (secondary N) is 1. The molecule has 94 valence electrons. The van der Waals surface area contributed by atoms with Gasteiger partial charge in [0.05, 0.1) is 18.2 Å². The molecule has 1 aliphatic carbocycles. The van der Waals surface area contributed by atoms with Gasteiger partial charge in [-0.15, -0.1) is 12.4 Å². The van der Waals surface area contributed by atoms with E-state index in [1.54, 1.807) is 6.33 Å². The number of hydrogen-bond donors (Lipinski definition) is 1. The molecular weight excluding hydrogens is 267 g/mol. The number of hydrogen-bond acceptors (Lipinski definition) is 1. The number of aromatic amines is 1. The monoisotopic (exact) mass is 280 g/mol. The molecule has 1 aromatic carbocycles. The molecule has 0 aliphatic heterocycles. The number of aryl methyl sites for hydroxylation is 1. The van der Waals surface area contributed by atoms with Gasteiger partial charge in [-0.1, -0.05) is 17.7 Å². The lowest BCUT2D eigenvalue weighted by molar-refractivity contribution is 0.824. The number of H-pyrrole nitrogens is 1. The standard InChI is InChI=1S/C14H13ClN2.ClH/c15-12-4-5-14-10(6-12)2-1-3-11(14)7-13-8-16-9-17-13;/h4-9H,1-3H2,(H,16,17);1H. The van der Waals surface area contributed by atoms with E-state index in [0.29, 0.717) is 0 Å². The summed E-state index contributed by atoms with van der Waals surface area (Å²) < 4.78 is 0. The summed E-state index contributed by atoms with van der Waals surface area (Å²) in [6, 6.07) is 6.17. The molecule has 4 heteroatoms. The normalized spacial score (nSPS) is 16.2. The summed E-state index contributed by atoms with van der Waals surface area (Å²) in [5.74, 6) is 0. The van der Waals surface area contributed by atoms with Crippen molar-refractivity contribution in [1.29, 1.82) is 0 Å². The summed E-state index contributed by atoms with van der Waals surface area (Å²) in [6.45, 7) is 0. The molecule has 2 aromatic rings. The Morgan fingerprint density at radius 2 is 2.17 bits per heavy atom. The molecule has 0 atom stereocenters. The average Bonchev–Trinajstić information content (AvgIpc) is 2.82. The molecule has 1 heterocycles. The van der Waals surface area contributed by atoms with E-state index < -0.39 is 0 Å². The molecule has 1 aliphatic rings. The van der Waals surface area contributed by atoms with Gasteiger partial charge in [-0.2, -0.15) is 0 Å². The number of aromatic nitrogens is 2. The molecule has 3 rings (SSSR count). The number of fused-ring (bicyclic) bond motifs is 1. The molecular formula is C14H14Cl2N2. The van der Waals surface area contributed by atoms with E-state index in [0.717, 1.165) is 23.6 Å². The van der Waals surface area contributed by atoms with Crippen LogP contribution in [0, 0.1) is 0 Å². The molecule has 2 nitrogen and oxygen atoms in total. The molecule has 0 fully saturated rings. The quantitative estimate of drug-likeness (QED) is 0.826. The van der Waals surface area contributed by atoms with Crippen molar-refractivity contribution in [3.05, 3.63) is 52.6 Å². The predicted molar refractivity (Wildman–Crippen MR) is 78.1 cm³/mol. The Bertz CT molecular complexity index is 559. The topological polar surface area (TPSA) is 28.7 Å². The van der Waals surface area contributed by atoms with Gasteiger partial charge in [-0.3, -0.25) is 0 Å². The summed E-state index contributed by atoms with van der Waals surface area (Å²) in [5.41, 5.74) is 5.11. The van der Waals surface area contributed by atoms with Crippen LogP contribution in [0.25, 0.3) is 11.6 Å². The fraction of sp³-hybridized carbons (Fsp3) is 0.214. The number of halogens is 2. The number of rotatable bonds is 1. The Balaban J connectivity index is 0.00000120. The third kappa shape index (κ3) is 2.60. The largest absolute Gasteiger partial charge is 0.345 e. The highest BCUT2D eigenvalue weighted by Gasteiger charge is 2.14. The molecule has 0 bridgehead atoms. The summed E-state index contributed by atoms with van der Waals surface area (Å²) in [7, 11) is 0. The second kappa shape index (κ2) is 5.59. The Kier molecular flexibility index (Phi) is 4.10. The lowest BCUT2D eigenvalue weighted by Crippen LogP contribution is -2.01. The third-order valence-electron chi connectivity index (χ3n) is 3.15. The zero-order chi connectivity index (χ0) is 11.7. The molecule has 18 heavy (non-hydrogen) atoms. The highest BCUT2D eigenvalue weighted by atomic mass is 35.5. The minimum Gasteiger partial charge on any atom is -0.345 e. The fourth-order valence-electron chi connectivity index (χ4n) is 2.37. The van der Waals surface area contributed by atoms with Gasteiger partial charge < -0.3 is 4.98 Å². The Hall–Kier alpha value is -1.25. The van der Waals surface area contributed by atoms with Crippen molar-refractivity contribution < 1.29 is 0 Å². The van der Waals surface area contributed by atoms with Crippen LogP contribution in [0.1, 0.15) is 29.7 Å². The second-order valence-corrected chi connectivity index (χ2v) is 4.77. The van der Waals surface area contributed by atoms with Crippen LogP contribution in [0.2, 0.25) is 5.02 Å². The van der Waals surface area contributed by atoms with Gasteiger partial charge in [0.2, 0.25) is 0 Å². The van der Waals surface area contributed by atoms with Gasteiger partial charge in [0.1, 0.15) is 0 Å². The van der Waals surface area contributed by atoms with Crippen molar-refractivity contribution >= 4 is 35.7 Å². The zero-order valence-corrected chi connectivity index (χ0v) is 11.4. The number of allylic oxidation sites excluding steroid dienone is 1. The van der Waals surface area contributed by atoms with E-state index in [-0.39, 0.29) is 12.4 Å². The smallest absolute Gasteiger partial charge is 0.0924 e. The lowest BCUT2D eigenvalue weighted by atomic mass is 9.87. The molecule has 0 spiro atoms. The minimum absolute atomic E-state index is 0. The van der Waals surface area contributed by atoms with E-state index in [1.165, 1.54) is 23.1 Å². The molecule has 0 amide bonds. The van der Waals surface area contributed by atoms with Crippen LogP contribution in [-0.2, 0) is 6.42 Å². The first-order chi connectivity index (χ1) is 8.33. The summed E-state index contributed by atoms with van der Waals surface area (Å²) >= 11 is 6.03. The van der Waals surface area contributed by atoms with Crippen LogP contribution in [-0.4, -0.2) is 9.97 Å². The Labute approximate surface area is 118 Å². The van der Waals surface area contributed by atoms with E-state index in [4.69, 9.17) is 11.6 Å². The van der Waals surface area contributed by atoms with Gasteiger partial charge in [-0.25, -0.2) is 4.98 Å². The van der Waals surface area contributed by atoms with Gasteiger partial charge in [0, 0.05) is 5.02 Å². The van der Waals surface area contributed by atoms with Crippen LogP contribution < -0.4 is 0 Å². The van der Waals surface area contributed by atoms with Crippen molar-refractivity contribution in [2.75, 3.05) is 0 Å². The molecule has 0 radical (unpaired) electrons. The molecule has 0 unspecified atom stereocenters. The van der Waals surface area contributed by atoms with Gasteiger partial charge in [0.25, 0.3) is 0 Å². The van der Waals surface area contributed by atoms with Crippen LogP contribution in [0.4, 0.5) is 0 Å². The first-order valence-electron chi connectivity index (χ1n) is 5.81. The van der Waals surface area contributed by atoms with Crippen LogP contribution in [0.5, 0.6) is 0 Å². The highest BCUT2D eigenvalue weighted by Crippen LogP contribution is 2.33. The van der Waals surface area contributed by atoms with E-state index >= 15 is 0 Å². The summed E-state index contributed by atoms with van der Waals surface area (Å²) in [6.07, 6.45) is 9.16. The average molecular weight is 281 g/mol. The Morgan fingerprint density at radius 1 is 1.28 bits per heavy atom. The highest BCUT2D eigenvalue weighted by molar-refractivity contribution is 6.30. The van der Waals surface area contributed by atoms with Crippen molar-refractivity contribution in [3.8, 4) is 0 Å². The zero-order valence-electron chi connectivity index (χ0n) is 9.82. The van der Waals surface area contributed by atoms with E-state index in [1.807, 2.05) is 12.3 Å². The van der Waals surface area contributed by atoms with Gasteiger partial charge in [0.15, 0.2) is 0 Å². The summed E-state index contributed by atoms with van der Waals surface area (Å²) in [5, 5.41) is 0.826. The third-order valence-corrected chi connectivity index (χ3v) is 3.39. The number of benzene rings is 1. The van der Waals surface area contributed by atoms with Crippen molar-refractivity contribution in [3.63, 3.8) is 0 Å². The van der Waals surface area contributed by atoms with Crippen LogP contribution >= 0.6 is 24.0 Å². The van der Waals surface area contributed by atoms with Crippen molar-refractivity contribution in [2.45, 2.75) is 19.3 Å². The maximum absolute atomic E-state index is 6.03.